The highest BCUT2D eigenvalue weighted by molar-refractivity contribution is 7.07. The van der Waals surface area contributed by atoms with Gasteiger partial charge in [-0.3, -0.25) is 4.79 Å². The van der Waals surface area contributed by atoms with Crippen LogP contribution in [0.15, 0.2) is 59.6 Å². The van der Waals surface area contributed by atoms with Gasteiger partial charge in [0.25, 0.3) is 5.91 Å². The summed E-state index contributed by atoms with van der Waals surface area (Å²) in [5, 5.41) is 5.34. The lowest BCUT2D eigenvalue weighted by atomic mass is 10.1. The van der Waals surface area contributed by atoms with Gasteiger partial charge in [0.1, 0.15) is 11.5 Å². The van der Waals surface area contributed by atoms with Crippen molar-refractivity contribution in [2.24, 2.45) is 0 Å². The van der Waals surface area contributed by atoms with Crippen LogP contribution in [0.3, 0.4) is 0 Å². The van der Waals surface area contributed by atoms with Gasteiger partial charge in [0.2, 0.25) is 5.51 Å². The number of nitrogens with one attached hydrogen (secondary N) is 1. The van der Waals surface area contributed by atoms with Crippen LogP contribution in [0.25, 0.3) is 0 Å². The largest absolute Gasteiger partial charge is 0.494 e. The van der Waals surface area contributed by atoms with E-state index in [9.17, 15) is 4.79 Å². The molecule has 0 aliphatic rings. The molecule has 0 saturated carbocycles. The number of carbonyl (C=O) groups excluding carboxylic acids is 1. The van der Waals surface area contributed by atoms with Crippen LogP contribution in [0.5, 0.6) is 11.5 Å². The molecule has 212 valence electrons. The number of halogens is 1. The molecule has 0 atom stereocenters. The molecule has 0 radical (unpaired) electrons. The van der Waals surface area contributed by atoms with Gasteiger partial charge in [-0.15, -0.1) is 0 Å². The Bertz CT molecular complexity index is 1070. The van der Waals surface area contributed by atoms with E-state index in [0.29, 0.717) is 17.4 Å². The Balaban J connectivity index is 1.24. The lowest BCUT2D eigenvalue weighted by molar-refractivity contribution is -0.683. The second kappa shape index (κ2) is 18.7. The van der Waals surface area contributed by atoms with E-state index in [1.807, 2.05) is 41.9 Å². The first-order valence-electron chi connectivity index (χ1n) is 14.5. The fourth-order valence-corrected chi connectivity index (χ4v) is 5.24. The minimum absolute atomic E-state index is 0.120. The molecule has 2 aromatic carbocycles. The van der Waals surface area contributed by atoms with Crippen molar-refractivity contribution in [1.82, 2.24) is 0 Å². The van der Waals surface area contributed by atoms with Crippen molar-refractivity contribution < 1.29 is 18.8 Å². The fraction of sp³-hybridized carbons (Fsp3) is 0.500. The Kier molecular flexibility index (Phi) is 14.8. The molecule has 0 saturated heterocycles. The first-order chi connectivity index (χ1) is 19.1. The molecule has 0 aliphatic carbocycles. The summed E-state index contributed by atoms with van der Waals surface area (Å²) in [5.74, 6) is 0.951. The number of unbranched alkanes of at least 4 members (excludes halogenated alkanes) is 11. The standard InChI is InChI=1S/C32H43ClN2O3S/c1-2-3-4-5-6-7-8-9-10-11-12-13-21-37-29-18-19-31(30(33)23-29)38-25-32(36)34-28-16-14-27(15-17-28)24-35-20-22-39-26-35/h14-20,22-23,26H,2-13,21,24-25H2,1H3/p+1. The number of hydrogen-bond acceptors (Lipinski definition) is 4. The van der Waals surface area contributed by atoms with E-state index in [4.69, 9.17) is 21.1 Å². The zero-order valence-corrected chi connectivity index (χ0v) is 24.9. The molecule has 0 aliphatic heterocycles. The summed E-state index contributed by atoms with van der Waals surface area (Å²) in [6, 6.07) is 13.2. The molecule has 0 spiro atoms. The zero-order chi connectivity index (χ0) is 27.5. The normalized spacial score (nSPS) is 10.9. The van der Waals surface area contributed by atoms with Gasteiger partial charge < -0.3 is 14.8 Å². The lowest BCUT2D eigenvalue weighted by Gasteiger charge is -2.11. The number of amides is 1. The molecular formula is C32H44ClN2O3S+. The SMILES string of the molecule is CCCCCCCCCCCCCCOc1ccc(OCC(=O)Nc2ccc(C[n+]3ccsc3)cc2)c(Cl)c1. The van der Waals surface area contributed by atoms with Crippen LogP contribution in [0.1, 0.15) is 89.5 Å². The third-order valence-electron chi connectivity index (χ3n) is 6.66. The molecule has 0 bridgehead atoms. The number of hydrogen-bond donors (Lipinski definition) is 1. The van der Waals surface area contributed by atoms with Crippen molar-refractivity contribution >= 4 is 34.5 Å². The summed E-state index contributed by atoms with van der Waals surface area (Å²) < 4.78 is 13.6. The van der Waals surface area contributed by atoms with Crippen LogP contribution in [0.4, 0.5) is 5.69 Å². The highest BCUT2D eigenvalue weighted by atomic mass is 35.5. The van der Waals surface area contributed by atoms with Gasteiger partial charge in [0.15, 0.2) is 19.3 Å². The smallest absolute Gasteiger partial charge is 0.262 e. The number of rotatable bonds is 20. The van der Waals surface area contributed by atoms with Crippen LogP contribution in [-0.2, 0) is 11.3 Å². The van der Waals surface area contributed by atoms with Gasteiger partial charge in [-0.25, -0.2) is 0 Å². The van der Waals surface area contributed by atoms with Crippen LogP contribution < -0.4 is 19.4 Å². The Morgan fingerprint density at radius 3 is 2.15 bits per heavy atom. The predicted octanol–water partition coefficient (Wildman–Crippen LogP) is 8.83. The maximum atomic E-state index is 12.3. The molecule has 5 nitrogen and oxygen atoms in total. The van der Waals surface area contributed by atoms with Crippen molar-refractivity contribution in [2.75, 3.05) is 18.5 Å². The number of aromatic nitrogens is 1. The van der Waals surface area contributed by atoms with E-state index in [1.165, 1.54) is 76.2 Å². The second-order valence-electron chi connectivity index (χ2n) is 10.1. The number of carbonyl (C=O) groups is 1. The second-order valence-corrected chi connectivity index (χ2v) is 11.2. The monoisotopic (exact) mass is 571 g/mol. The van der Waals surface area contributed by atoms with Gasteiger partial charge in [-0.1, -0.05) is 113 Å². The number of anilines is 1. The molecule has 3 rings (SSSR count). The zero-order valence-electron chi connectivity index (χ0n) is 23.3. The third kappa shape index (κ3) is 12.9. The minimum atomic E-state index is -0.238. The van der Waals surface area contributed by atoms with E-state index in [-0.39, 0.29) is 12.5 Å². The van der Waals surface area contributed by atoms with Crippen molar-refractivity contribution in [1.29, 1.82) is 0 Å². The van der Waals surface area contributed by atoms with E-state index in [2.05, 4.69) is 22.3 Å². The molecule has 0 unspecified atom stereocenters. The average molecular weight is 572 g/mol. The van der Waals surface area contributed by atoms with Crippen LogP contribution in [-0.4, -0.2) is 19.1 Å². The van der Waals surface area contributed by atoms with Crippen molar-refractivity contribution in [2.45, 2.75) is 90.5 Å². The molecule has 1 aromatic heterocycles. The molecule has 1 amide bonds. The number of benzene rings is 2. The van der Waals surface area contributed by atoms with E-state index in [0.717, 1.165) is 24.4 Å². The van der Waals surface area contributed by atoms with Crippen molar-refractivity contribution in [3.8, 4) is 11.5 Å². The maximum Gasteiger partial charge on any atom is 0.262 e. The predicted molar refractivity (Wildman–Crippen MR) is 162 cm³/mol. The molecule has 1 heterocycles. The van der Waals surface area contributed by atoms with Crippen LogP contribution in [0.2, 0.25) is 5.02 Å². The third-order valence-corrected chi connectivity index (χ3v) is 7.63. The lowest BCUT2D eigenvalue weighted by Crippen LogP contribution is -2.30. The van der Waals surface area contributed by atoms with Crippen LogP contribution >= 0.6 is 22.9 Å². The molecule has 3 aromatic rings. The minimum Gasteiger partial charge on any atom is -0.494 e. The maximum absolute atomic E-state index is 12.3. The first kappa shape index (κ1) is 31.0. The molecule has 39 heavy (non-hydrogen) atoms. The molecular weight excluding hydrogens is 528 g/mol. The summed E-state index contributed by atoms with van der Waals surface area (Å²) in [6.07, 6.45) is 17.9. The molecule has 7 heteroatoms. The van der Waals surface area contributed by atoms with Crippen molar-refractivity contribution in [3.63, 3.8) is 0 Å². The average Bonchev–Trinajstić information content (AvgIpc) is 3.45. The van der Waals surface area contributed by atoms with Crippen molar-refractivity contribution in [3.05, 3.63) is 70.1 Å². The highest BCUT2D eigenvalue weighted by Crippen LogP contribution is 2.29. The molecule has 1 N–H and O–H groups in total. The Morgan fingerprint density at radius 2 is 1.54 bits per heavy atom. The Hall–Kier alpha value is -2.57. The summed E-state index contributed by atoms with van der Waals surface area (Å²) in [5.41, 5.74) is 3.97. The Labute approximate surface area is 243 Å². The van der Waals surface area contributed by atoms with Gasteiger partial charge in [0, 0.05) is 17.3 Å². The summed E-state index contributed by atoms with van der Waals surface area (Å²) in [7, 11) is 0. The van der Waals surface area contributed by atoms with Gasteiger partial charge in [0.05, 0.1) is 17.0 Å². The van der Waals surface area contributed by atoms with Gasteiger partial charge in [-0.2, -0.15) is 4.57 Å². The van der Waals surface area contributed by atoms with Crippen LogP contribution in [0, 0.1) is 0 Å². The fourth-order valence-electron chi connectivity index (χ4n) is 4.42. The van der Waals surface area contributed by atoms with Gasteiger partial charge in [-0.05, 0) is 30.7 Å². The Morgan fingerprint density at radius 1 is 0.872 bits per heavy atom. The van der Waals surface area contributed by atoms with E-state index in [1.54, 1.807) is 23.5 Å². The quantitative estimate of drug-likeness (QED) is 0.109. The van der Waals surface area contributed by atoms with E-state index < -0.39 is 0 Å². The number of thiazole rings is 1. The first-order valence-corrected chi connectivity index (χ1v) is 15.8. The van der Waals surface area contributed by atoms with E-state index >= 15 is 0 Å². The number of ether oxygens (including phenoxy) is 2. The number of nitrogens with zero attached hydrogens (tertiary/aromatic N) is 1. The molecule has 0 fully saturated rings. The summed E-state index contributed by atoms with van der Waals surface area (Å²) in [6.45, 7) is 3.63. The highest BCUT2D eigenvalue weighted by Gasteiger charge is 2.09. The van der Waals surface area contributed by atoms with Gasteiger partial charge >= 0.3 is 0 Å². The topological polar surface area (TPSA) is 51.4 Å². The summed E-state index contributed by atoms with van der Waals surface area (Å²) in [4.78, 5) is 12.3. The summed E-state index contributed by atoms with van der Waals surface area (Å²) >= 11 is 8.03.